The van der Waals surface area contributed by atoms with Gasteiger partial charge in [-0.25, -0.2) is 18.4 Å². The van der Waals surface area contributed by atoms with Crippen molar-refractivity contribution < 1.29 is 27.7 Å². The number of aromatic nitrogens is 4. The van der Waals surface area contributed by atoms with Gasteiger partial charge >= 0.3 is 0 Å². The molecule has 0 bridgehead atoms. The minimum Gasteiger partial charge on any atom is -0.492 e. The summed E-state index contributed by atoms with van der Waals surface area (Å²) in [4.78, 5) is 53.7. The predicted octanol–water partition coefficient (Wildman–Crippen LogP) is 7.29. The predicted molar refractivity (Wildman–Crippen MR) is 262 cm³/mol. The van der Waals surface area contributed by atoms with Gasteiger partial charge in [0.1, 0.15) is 30.3 Å². The number of amides is 2. The number of halogens is 3. The first-order chi connectivity index (χ1) is 32.1. The summed E-state index contributed by atoms with van der Waals surface area (Å²) in [5.74, 6) is -2.09. The fourth-order valence-corrected chi connectivity index (χ4v) is 11.4. The van der Waals surface area contributed by atoms with E-state index in [1.54, 1.807) is 37.9 Å². The first-order valence-corrected chi connectivity index (χ1v) is 26.5. The zero-order chi connectivity index (χ0) is 47.6. The number of piperidine rings is 2. The number of piperazine rings is 1. The molecule has 5 aromatic rings. The van der Waals surface area contributed by atoms with E-state index in [-0.39, 0.29) is 24.0 Å². The SMILES string of the molecule is CCOc1cc(N2CCC(N3CCN(CCc4cc(F)c([C@H]5CCC(=O)NC5=O)c(F)c4)CC3)CC2)c(CC)cc1Nc1ncc(Br)c(Nc2ccc3c(=O)n(CC)ncc3c2P(C)(C)=O)n1. The molecule has 1 atom stereocenters. The fraction of sp³-hybridized carbons (Fsp3) is 0.458. The molecular formula is C48H58BrF2N10O5P. The molecule has 3 aliphatic rings. The number of fused-ring (bicyclic) bond motifs is 1. The number of benzene rings is 3. The number of aryl methyl sites for hydroxylation is 2. The minimum absolute atomic E-state index is 0.0592. The Morgan fingerprint density at radius 1 is 0.896 bits per heavy atom. The molecule has 356 valence electrons. The largest absolute Gasteiger partial charge is 0.492 e. The maximum absolute atomic E-state index is 15.1. The summed E-state index contributed by atoms with van der Waals surface area (Å²) in [5, 5.41) is 14.8. The third-order valence-corrected chi connectivity index (χ3v) is 15.3. The van der Waals surface area contributed by atoms with E-state index < -0.39 is 36.5 Å². The van der Waals surface area contributed by atoms with Crippen molar-refractivity contribution in [2.45, 2.75) is 77.8 Å². The molecular weight excluding hydrogens is 945 g/mol. The minimum atomic E-state index is -2.92. The van der Waals surface area contributed by atoms with Gasteiger partial charge in [0.2, 0.25) is 17.8 Å². The van der Waals surface area contributed by atoms with Crippen molar-refractivity contribution in [2.24, 2.45) is 0 Å². The zero-order valence-corrected chi connectivity index (χ0v) is 41.1. The van der Waals surface area contributed by atoms with Crippen LogP contribution in [0, 0.1) is 11.6 Å². The Hall–Kier alpha value is -5.29. The first-order valence-electron chi connectivity index (χ1n) is 23.1. The highest BCUT2D eigenvalue weighted by Gasteiger charge is 2.33. The molecule has 3 aromatic carbocycles. The first kappa shape index (κ1) is 48.2. The second-order valence-electron chi connectivity index (χ2n) is 17.8. The van der Waals surface area contributed by atoms with Gasteiger partial charge in [0.05, 0.1) is 40.0 Å². The smallest absolute Gasteiger partial charge is 0.274 e. The van der Waals surface area contributed by atoms with E-state index >= 15 is 8.78 Å². The summed E-state index contributed by atoms with van der Waals surface area (Å²) in [5.41, 5.74) is 3.66. The second-order valence-corrected chi connectivity index (χ2v) is 21.8. The number of carbonyl (C=O) groups is 2. The number of rotatable bonds is 15. The fourth-order valence-electron chi connectivity index (χ4n) is 9.67. The summed E-state index contributed by atoms with van der Waals surface area (Å²) < 4.78 is 52.2. The van der Waals surface area contributed by atoms with Gasteiger partial charge in [0, 0.05) is 99.0 Å². The maximum atomic E-state index is 15.1. The number of ether oxygens (including phenoxy) is 1. The monoisotopic (exact) mass is 1000 g/mol. The number of hydrogen-bond acceptors (Lipinski definition) is 13. The van der Waals surface area contributed by atoms with Crippen LogP contribution < -0.4 is 36.5 Å². The molecule has 2 amide bonds. The highest BCUT2D eigenvalue weighted by Crippen LogP contribution is 2.42. The molecule has 19 heteroatoms. The average molecular weight is 1000 g/mol. The van der Waals surface area contributed by atoms with Crippen molar-refractivity contribution in [3.05, 3.63) is 91.9 Å². The Morgan fingerprint density at radius 3 is 2.28 bits per heavy atom. The molecule has 15 nitrogen and oxygen atoms in total. The van der Waals surface area contributed by atoms with Crippen LogP contribution in [0.4, 0.5) is 37.6 Å². The summed E-state index contributed by atoms with van der Waals surface area (Å²) in [7, 11) is -2.92. The number of carbonyl (C=O) groups excluding carboxylic acids is 2. The molecule has 3 saturated heterocycles. The third-order valence-electron chi connectivity index (χ3n) is 13.1. The van der Waals surface area contributed by atoms with E-state index in [0.29, 0.717) is 81.5 Å². The molecule has 3 aliphatic heterocycles. The van der Waals surface area contributed by atoms with Crippen LogP contribution in [0.1, 0.15) is 69.1 Å². The lowest BCUT2D eigenvalue weighted by Crippen LogP contribution is -2.53. The topological polar surface area (TPSA) is 167 Å². The van der Waals surface area contributed by atoms with Crippen LogP contribution in [0.2, 0.25) is 0 Å². The molecule has 8 rings (SSSR count). The Kier molecular flexibility index (Phi) is 14.8. The van der Waals surface area contributed by atoms with E-state index in [1.807, 2.05) is 13.8 Å². The number of hydrogen-bond donors (Lipinski definition) is 3. The Morgan fingerprint density at radius 2 is 1.63 bits per heavy atom. The van der Waals surface area contributed by atoms with E-state index in [4.69, 9.17) is 9.72 Å². The lowest BCUT2D eigenvalue weighted by molar-refractivity contribution is -0.134. The summed E-state index contributed by atoms with van der Waals surface area (Å²) in [6.45, 7) is 16.3. The number of nitrogens with one attached hydrogen (secondary N) is 3. The van der Waals surface area contributed by atoms with Crippen LogP contribution in [0.5, 0.6) is 5.75 Å². The van der Waals surface area contributed by atoms with Gasteiger partial charge in [-0.1, -0.05) is 6.92 Å². The summed E-state index contributed by atoms with van der Waals surface area (Å²) in [6, 6.07) is 10.8. The molecule has 2 aromatic heterocycles. The number of imide groups is 1. The van der Waals surface area contributed by atoms with Crippen molar-refractivity contribution in [3.63, 3.8) is 0 Å². The standard InChI is InChI=1S/C48H58BrF2N10O5P/c1-6-30-25-39(55-48-52-28-35(49)45(57-48)54-38-11-9-32-34(44(38)67(4,5)65)27-53-61(7-2)47(32)64)41(66-8-3)26-40(30)60-17-14-31(15-18-60)59-21-19-58(20-22-59)16-13-29-23-36(50)43(37(51)24-29)33-10-12-42(62)56-46(33)63/h9,11,23-28,31,33H,6-8,10,12-22H2,1-5H3,(H,56,62,63)(H2,52,54,55,57)/t33-/m1/s1. The van der Waals surface area contributed by atoms with Crippen molar-refractivity contribution in [2.75, 3.05) is 81.3 Å². The van der Waals surface area contributed by atoms with Crippen LogP contribution in [0.15, 0.2) is 58.1 Å². The molecule has 0 unspecified atom stereocenters. The van der Waals surface area contributed by atoms with Gasteiger partial charge in [0.25, 0.3) is 5.56 Å². The van der Waals surface area contributed by atoms with E-state index in [2.05, 4.69) is 75.7 Å². The summed E-state index contributed by atoms with van der Waals surface area (Å²) >= 11 is 3.59. The molecule has 0 radical (unpaired) electrons. The van der Waals surface area contributed by atoms with Crippen molar-refractivity contribution in [1.82, 2.24) is 34.9 Å². The third kappa shape index (κ3) is 10.6. The van der Waals surface area contributed by atoms with Gasteiger partial charge < -0.3 is 29.7 Å². The molecule has 0 spiro atoms. The average Bonchev–Trinajstić information content (AvgIpc) is 3.30. The quantitative estimate of drug-likeness (QED) is 0.0708. The molecule has 3 fully saturated rings. The molecule has 0 saturated carbocycles. The van der Waals surface area contributed by atoms with Gasteiger partial charge in [-0.05, 0) is 117 Å². The summed E-state index contributed by atoms with van der Waals surface area (Å²) in [6.07, 6.45) is 6.74. The van der Waals surface area contributed by atoms with Gasteiger partial charge in [-0.15, -0.1) is 0 Å². The maximum Gasteiger partial charge on any atom is 0.274 e. The molecule has 5 heterocycles. The lowest BCUT2D eigenvalue weighted by Gasteiger charge is -2.43. The van der Waals surface area contributed by atoms with Gasteiger partial charge in [0.15, 0.2) is 0 Å². The van der Waals surface area contributed by atoms with Crippen molar-refractivity contribution >= 4 is 79.8 Å². The van der Waals surface area contributed by atoms with Gasteiger partial charge in [-0.2, -0.15) is 10.1 Å². The normalized spacial score (nSPS) is 17.8. The lowest BCUT2D eigenvalue weighted by atomic mass is 9.89. The highest BCUT2D eigenvalue weighted by atomic mass is 79.9. The zero-order valence-electron chi connectivity index (χ0n) is 38.6. The van der Waals surface area contributed by atoms with Crippen molar-refractivity contribution in [1.29, 1.82) is 0 Å². The van der Waals surface area contributed by atoms with Crippen LogP contribution in [0.3, 0.4) is 0 Å². The molecule has 0 aliphatic carbocycles. The van der Waals surface area contributed by atoms with E-state index in [1.165, 1.54) is 16.8 Å². The van der Waals surface area contributed by atoms with E-state index in [0.717, 1.165) is 75.5 Å². The second kappa shape index (κ2) is 20.5. The molecule has 3 N–H and O–H groups in total. The Labute approximate surface area is 397 Å². The Balaban J connectivity index is 0.893. The van der Waals surface area contributed by atoms with Crippen LogP contribution in [-0.4, -0.2) is 113 Å². The van der Waals surface area contributed by atoms with Crippen LogP contribution in [-0.2, 0) is 33.5 Å². The van der Waals surface area contributed by atoms with Crippen LogP contribution >= 0.6 is 23.1 Å². The highest BCUT2D eigenvalue weighted by molar-refractivity contribution is 9.10. The van der Waals surface area contributed by atoms with E-state index in [9.17, 15) is 18.9 Å². The number of nitrogens with zero attached hydrogens (tertiary/aromatic N) is 7. The number of anilines is 5. The van der Waals surface area contributed by atoms with Crippen molar-refractivity contribution in [3.8, 4) is 5.75 Å². The van der Waals surface area contributed by atoms with Gasteiger partial charge in [-0.3, -0.25) is 24.6 Å². The Bertz CT molecular complexity index is 2770. The van der Waals surface area contributed by atoms with Crippen LogP contribution in [0.25, 0.3) is 10.8 Å². The molecule has 67 heavy (non-hydrogen) atoms.